The normalized spacial score (nSPS) is 10.1. The summed E-state index contributed by atoms with van der Waals surface area (Å²) in [6.07, 6.45) is 0. The van der Waals surface area contributed by atoms with Crippen LogP contribution >= 0.6 is 0 Å². The molecule has 24 heavy (non-hydrogen) atoms. The van der Waals surface area contributed by atoms with Crippen molar-refractivity contribution in [2.45, 2.75) is 27.3 Å². The van der Waals surface area contributed by atoms with Crippen molar-refractivity contribution < 1.29 is 9.59 Å². The van der Waals surface area contributed by atoms with Gasteiger partial charge in [0.1, 0.15) is 0 Å². The minimum absolute atomic E-state index is 0.0809. The van der Waals surface area contributed by atoms with Crippen LogP contribution in [-0.2, 0) is 16.1 Å². The van der Waals surface area contributed by atoms with Gasteiger partial charge < -0.3 is 16.0 Å². The van der Waals surface area contributed by atoms with Crippen LogP contribution in [0, 0.1) is 13.8 Å². The van der Waals surface area contributed by atoms with E-state index in [1.54, 1.807) is 0 Å². The monoisotopic (exact) mass is 325 g/mol. The Morgan fingerprint density at radius 3 is 2.38 bits per heavy atom. The fraction of sp³-hybridized carbons (Fsp3) is 0.263. The van der Waals surface area contributed by atoms with E-state index >= 15 is 0 Å². The third kappa shape index (κ3) is 4.84. The largest absolute Gasteiger partial charge is 0.376 e. The summed E-state index contributed by atoms with van der Waals surface area (Å²) >= 11 is 0. The van der Waals surface area contributed by atoms with E-state index in [2.05, 4.69) is 16.0 Å². The Kier molecular flexibility index (Phi) is 5.95. The number of nitrogens with one attached hydrogen (secondary N) is 3. The van der Waals surface area contributed by atoms with Gasteiger partial charge in [-0.2, -0.15) is 0 Å². The molecule has 2 amide bonds. The van der Waals surface area contributed by atoms with Crippen LogP contribution in [0.15, 0.2) is 42.5 Å². The van der Waals surface area contributed by atoms with Gasteiger partial charge in [0.2, 0.25) is 11.8 Å². The molecule has 0 heterocycles. The Labute approximate surface area is 142 Å². The molecule has 0 saturated heterocycles. The zero-order chi connectivity index (χ0) is 17.5. The molecule has 2 rings (SSSR count). The third-order valence-electron chi connectivity index (χ3n) is 3.82. The smallest absolute Gasteiger partial charge is 0.239 e. The molecular weight excluding hydrogens is 302 g/mol. The number of hydrogen-bond donors (Lipinski definition) is 3. The summed E-state index contributed by atoms with van der Waals surface area (Å²) < 4.78 is 0. The minimum atomic E-state index is -0.119. The Bertz CT molecular complexity index is 741. The molecule has 0 aliphatic heterocycles. The first-order chi connectivity index (χ1) is 11.5. The molecular formula is C19H23N3O2. The zero-order valence-corrected chi connectivity index (χ0v) is 14.3. The predicted molar refractivity (Wildman–Crippen MR) is 97.0 cm³/mol. The van der Waals surface area contributed by atoms with Crippen molar-refractivity contribution in [3.63, 3.8) is 0 Å². The van der Waals surface area contributed by atoms with Gasteiger partial charge in [0.05, 0.1) is 6.54 Å². The van der Waals surface area contributed by atoms with Crippen molar-refractivity contribution in [1.29, 1.82) is 0 Å². The topological polar surface area (TPSA) is 70.2 Å². The lowest BCUT2D eigenvalue weighted by Gasteiger charge is -2.14. The number of amides is 2. The molecule has 0 aliphatic rings. The Morgan fingerprint density at radius 1 is 0.958 bits per heavy atom. The lowest BCUT2D eigenvalue weighted by molar-refractivity contribution is -0.119. The van der Waals surface area contributed by atoms with Gasteiger partial charge in [-0.25, -0.2) is 0 Å². The van der Waals surface area contributed by atoms with E-state index < -0.39 is 0 Å². The van der Waals surface area contributed by atoms with Gasteiger partial charge in [-0.15, -0.1) is 0 Å². The van der Waals surface area contributed by atoms with Gasteiger partial charge in [-0.1, -0.05) is 30.3 Å². The highest BCUT2D eigenvalue weighted by molar-refractivity contribution is 5.91. The molecule has 0 atom stereocenters. The molecule has 0 bridgehead atoms. The molecule has 126 valence electrons. The maximum Gasteiger partial charge on any atom is 0.239 e. The minimum Gasteiger partial charge on any atom is -0.376 e. The van der Waals surface area contributed by atoms with Gasteiger partial charge in [-0.3, -0.25) is 9.59 Å². The molecule has 0 fully saturated rings. The third-order valence-corrected chi connectivity index (χ3v) is 3.82. The number of aryl methyl sites for hydroxylation is 1. The average molecular weight is 325 g/mol. The fourth-order valence-electron chi connectivity index (χ4n) is 2.39. The van der Waals surface area contributed by atoms with Gasteiger partial charge in [-0.05, 0) is 42.7 Å². The molecule has 2 aromatic rings. The van der Waals surface area contributed by atoms with Crippen molar-refractivity contribution in [1.82, 2.24) is 5.32 Å². The Morgan fingerprint density at radius 2 is 1.67 bits per heavy atom. The van der Waals surface area contributed by atoms with Crippen LogP contribution in [0.4, 0.5) is 11.4 Å². The number of hydrogen-bond acceptors (Lipinski definition) is 3. The van der Waals surface area contributed by atoms with Crippen molar-refractivity contribution in [2.75, 3.05) is 17.2 Å². The molecule has 0 saturated carbocycles. The molecule has 0 spiro atoms. The second-order valence-electron chi connectivity index (χ2n) is 5.72. The maximum atomic E-state index is 12.0. The van der Waals surface area contributed by atoms with Crippen molar-refractivity contribution in [3.8, 4) is 0 Å². The standard InChI is InChI=1S/C19H23N3O2/c1-13-7-4-5-8-16(13)11-21-19(24)12-20-17-9-6-10-18(14(17)2)22-15(3)23/h4-10,20H,11-12H2,1-3H3,(H,21,24)(H,22,23). The molecule has 5 heteroatoms. The van der Waals surface area contributed by atoms with Crippen LogP contribution < -0.4 is 16.0 Å². The highest BCUT2D eigenvalue weighted by atomic mass is 16.2. The van der Waals surface area contributed by atoms with Crippen LogP contribution in [0.25, 0.3) is 0 Å². The predicted octanol–water partition coefficient (Wildman–Crippen LogP) is 2.99. The van der Waals surface area contributed by atoms with Crippen LogP contribution in [-0.4, -0.2) is 18.4 Å². The lowest BCUT2D eigenvalue weighted by Crippen LogP contribution is -2.29. The van der Waals surface area contributed by atoms with E-state index in [1.165, 1.54) is 6.92 Å². The van der Waals surface area contributed by atoms with E-state index in [0.29, 0.717) is 6.54 Å². The summed E-state index contributed by atoms with van der Waals surface area (Å²) in [5, 5.41) is 8.79. The summed E-state index contributed by atoms with van der Waals surface area (Å²) in [6.45, 7) is 6.09. The zero-order valence-electron chi connectivity index (χ0n) is 14.3. The summed E-state index contributed by atoms with van der Waals surface area (Å²) in [5.41, 5.74) is 4.74. The van der Waals surface area contributed by atoms with Crippen LogP contribution in [0.2, 0.25) is 0 Å². The van der Waals surface area contributed by atoms with Crippen molar-refractivity contribution >= 4 is 23.2 Å². The van der Waals surface area contributed by atoms with E-state index in [4.69, 9.17) is 0 Å². The van der Waals surface area contributed by atoms with Crippen molar-refractivity contribution in [2.24, 2.45) is 0 Å². The van der Waals surface area contributed by atoms with Crippen LogP contribution in [0.5, 0.6) is 0 Å². The Hall–Kier alpha value is -2.82. The van der Waals surface area contributed by atoms with Crippen molar-refractivity contribution in [3.05, 3.63) is 59.2 Å². The molecule has 0 radical (unpaired) electrons. The number of anilines is 2. The molecule has 2 aromatic carbocycles. The molecule has 0 aliphatic carbocycles. The summed E-state index contributed by atoms with van der Waals surface area (Å²) in [5.74, 6) is -0.200. The highest BCUT2D eigenvalue weighted by Gasteiger charge is 2.07. The number of carbonyl (C=O) groups excluding carboxylic acids is 2. The van der Waals surface area contributed by atoms with E-state index in [0.717, 1.165) is 28.1 Å². The molecule has 0 aromatic heterocycles. The molecule has 0 unspecified atom stereocenters. The number of benzene rings is 2. The summed E-state index contributed by atoms with van der Waals surface area (Å²) in [7, 11) is 0. The quantitative estimate of drug-likeness (QED) is 0.764. The van der Waals surface area contributed by atoms with Crippen LogP contribution in [0.3, 0.4) is 0 Å². The van der Waals surface area contributed by atoms with Gasteiger partial charge in [0, 0.05) is 24.8 Å². The lowest BCUT2D eigenvalue weighted by atomic mass is 10.1. The van der Waals surface area contributed by atoms with Gasteiger partial charge >= 0.3 is 0 Å². The van der Waals surface area contributed by atoms with Gasteiger partial charge in [0.15, 0.2) is 0 Å². The molecule has 3 N–H and O–H groups in total. The Balaban J connectivity index is 1.90. The highest BCUT2D eigenvalue weighted by Crippen LogP contribution is 2.23. The first kappa shape index (κ1) is 17.5. The summed E-state index contributed by atoms with van der Waals surface area (Å²) in [6, 6.07) is 13.5. The first-order valence-electron chi connectivity index (χ1n) is 7.89. The SMILES string of the molecule is CC(=O)Nc1cccc(NCC(=O)NCc2ccccc2C)c1C. The second-order valence-corrected chi connectivity index (χ2v) is 5.72. The van der Waals surface area contributed by atoms with E-state index in [9.17, 15) is 9.59 Å². The first-order valence-corrected chi connectivity index (χ1v) is 7.89. The van der Waals surface area contributed by atoms with Crippen LogP contribution in [0.1, 0.15) is 23.6 Å². The van der Waals surface area contributed by atoms with E-state index in [1.807, 2.05) is 56.3 Å². The second kappa shape index (κ2) is 8.15. The number of carbonyl (C=O) groups is 2. The summed E-state index contributed by atoms with van der Waals surface area (Å²) in [4.78, 5) is 23.2. The maximum absolute atomic E-state index is 12.0. The average Bonchev–Trinajstić information content (AvgIpc) is 2.54. The number of rotatable bonds is 6. The molecule has 5 nitrogen and oxygen atoms in total. The fourth-order valence-corrected chi connectivity index (χ4v) is 2.39. The van der Waals surface area contributed by atoms with Gasteiger partial charge in [0.25, 0.3) is 0 Å². The van der Waals surface area contributed by atoms with E-state index in [-0.39, 0.29) is 18.4 Å².